The van der Waals surface area contributed by atoms with Crippen LogP contribution in [0, 0.1) is 0 Å². The number of fused-ring (bicyclic) bond motifs is 4. The topological polar surface area (TPSA) is 55.8 Å². The van der Waals surface area contributed by atoms with Crippen LogP contribution in [-0.4, -0.2) is 4.89 Å². The number of aryl methyl sites for hydroxylation is 4. The molecule has 1 N–H and O–H groups in total. The minimum atomic E-state index is -4.38. The van der Waals surface area contributed by atoms with E-state index in [4.69, 9.17) is 9.05 Å². The standard InChI is InChI=1S/C40H47O4P/c41-45(42,43-37-23-19-33(20-24-37)39-27-17-31-13-9-5-1-3-7-11-15-35(39)29-31)44-38-25-21-34(22-26-38)40-28-18-32-14-10-6-2-4-8-12-16-36(40)30-32/h17-30H,1-16H2,(H,41,42). The lowest BCUT2D eigenvalue weighted by Gasteiger charge is -2.16. The summed E-state index contributed by atoms with van der Waals surface area (Å²) in [6.45, 7) is 0. The van der Waals surface area contributed by atoms with Gasteiger partial charge < -0.3 is 9.05 Å². The van der Waals surface area contributed by atoms with Gasteiger partial charge in [-0.15, -0.1) is 0 Å². The smallest absolute Gasteiger partial charge is 0.395 e. The van der Waals surface area contributed by atoms with E-state index in [0.29, 0.717) is 11.5 Å². The lowest BCUT2D eigenvalue weighted by molar-refractivity contribution is 0.291. The molecule has 0 heterocycles. The van der Waals surface area contributed by atoms with Gasteiger partial charge in [-0.3, -0.25) is 4.89 Å². The van der Waals surface area contributed by atoms with Gasteiger partial charge in [-0.25, -0.2) is 4.57 Å². The molecule has 5 heteroatoms. The van der Waals surface area contributed by atoms with Crippen molar-refractivity contribution >= 4 is 7.82 Å². The molecule has 0 spiro atoms. The van der Waals surface area contributed by atoms with Crippen LogP contribution in [0.1, 0.15) is 99.3 Å². The zero-order valence-corrected chi connectivity index (χ0v) is 27.4. The highest BCUT2D eigenvalue weighted by atomic mass is 31.2. The summed E-state index contributed by atoms with van der Waals surface area (Å²) in [5.74, 6) is 0.609. The molecule has 0 amide bonds. The first-order valence-corrected chi connectivity index (χ1v) is 18.7. The van der Waals surface area contributed by atoms with E-state index in [1.165, 1.54) is 110 Å². The predicted molar refractivity (Wildman–Crippen MR) is 185 cm³/mol. The fourth-order valence-electron chi connectivity index (χ4n) is 6.96. The molecule has 4 aromatic carbocycles. The van der Waals surface area contributed by atoms with Crippen LogP contribution >= 0.6 is 7.82 Å². The van der Waals surface area contributed by atoms with Gasteiger partial charge in [-0.2, -0.15) is 0 Å². The van der Waals surface area contributed by atoms with Gasteiger partial charge in [0.25, 0.3) is 0 Å². The second kappa shape index (κ2) is 15.3. The Bertz CT molecular complexity index is 1480. The zero-order valence-electron chi connectivity index (χ0n) is 26.5. The molecule has 45 heavy (non-hydrogen) atoms. The van der Waals surface area contributed by atoms with Gasteiger partial charge in [0.2, 0.25) is 0 Å². The average Bonchev–Trinajstić information content (AvgIpc) is 3.11. The summed E-state index contributed by atoms with van der Waals surface area (Å²) in [6, 6.07) is 28.6. The molecule has 4 nitrogen and oxygen atoms in total. The molecule has 236 valence electrons. The first-order valence-electron chi connectivity index (χ1n) is 17.2. The molecule has 0 aliphatic heterocycles. The van der Waals surface area contributed by atoms with Crippen molar-refractivity contribution in [3.8, 4) is 33.8 Å². The van der Waals surface area contributed by atoms with Crippen LogP contribution < -0.4 is 9.05 Å². The van der Waals surface area contributed by atoms with Crippen molar-refractivity contribution < 1.29 is 18.5 Å². The van der Waals surface area contributed by atoms with Gasteiger partial charge in [0, 0.05) is 0 Å². The van der Waals surface area contributed by atoms with Crippen LogP contribution in [0.25, 0.3) is 22.3 Å². The highest BCUT2D eigenvalue weighted by Gasteiger charge is 2.25. The minimum Gasteiger partial charge on any atom is -0.395 e. The molecule has 0 saturated carbocycles. The third kappa shape index (κ3) is 8.90. The normalized spacial score (nSPS) is 16.6. The lowest BCUT2D eigenvalue weighted by Crippen LogP contribution is -2.00. The van der Waals surface area contributed by atoms with Crippen molar-refractivity contribution in [2.45, 2.75) is 103 Å². The number of benzene rings is 4. The van der Waals surface area contributed by atoms with Crippen LogP contribution in [-0.2, 0) is 30.2 Å². The van der Waals surface area contributed by atoms with Crippen molar-refractivity contribution in [1.29, 1.82) is 0 Å². The number of phosphoric ester groups is 1. The second-order valence-corrected chi connectivity index (χ2v) is 14.2. The predicted octanol–water partition coefficient (Wildman–Crippen LogP) is 11.5. The van der Waals surface area contributed by atoms with Gasteiger partial charge >= 0.3 is 7.82 Å². The Morgan fingerprint density at radius 2 is 0.800 bits per heavy atom. The van der Waals surface area contributed by atoms with Gasteiger partial charge in [0.1, 0.15) is 11.5 Å². The second-order valence-electron chi connectivity index (χ2n) is 12.9. The van der Waals surface area contributed by atoms with Gasteiger partial charge in [-0.05, 0) is 120 Å². The molecule has 0 unspecified atom stereocenters. The molecule has 0 fully saturated rings. The number of rotatable bonds is 6. The monoisotopic (exact) mass is 622 g/mol. The van der Waals surface area contributed by atoms with Crippen molar-refractivity contribution in [3.63, 3.8) is 0 Å². The average molecular weight is 623 g/mol. The summed E-state index contributed by atoms with van der Waals surface area (Å²) in [7, 11) is -4.38. The van der Waals surface area contributed by atoms with E-state index in [1.807, 2.05) is 24.3 Å². The summed E-state index contributed by atoms with van der Waals surface area (Å²) in [5.41, 5.74) is 10.2. The van der Waals surface area contributed by atoms with Crippen molar-refractivity contribution in [2.24, 2.45) is 0 Å². The SMILES string of the molecule is O=P(O)(Oc1ccc(-c2ccc3cc2CCCCCCCC3)cc1)Oc1ccc(-c2ccc3cc2CCCCCCCC3)cc1. The maximum Gasteiger partial charge on any atom is 0.584 e. The third-order valence-electron chi connectivity index (χ3n) is 9.43. The summed E-state index contributed by atoms with van der Waals surface area (Å²) < 4.78 is 24.0. The van der Waals surface area contributed by atoms with Gasteiger partial charge in [-0.1, -0.05) is 112 Å². The first kappa shape index (κ1) is 31.6. The minimum absolute atomic E-state index is 0.305. The van der Waals surface area contributed by atoms with Crippen LogP contribution in [0.5, 0.6) is 11.5 Å². The van der Waals surface area contributed by atoms with Gasteiger partial charge in [0.15, 0.2) is 0 Å². The van der Waals surface area contributed by atoms with E-state index >= 15 is 0 Å². The molecular weight excluding hydrogens is 575 g/mol. The highest BCUT2D eigenvalue weighted by molar-refractivity contribution is 7.48. The Labute approximate surface area is 269 Å². The molecule has 6 rings (SSSR count). The van der Waals surface area contributed by atoms with Crippen LogP contribution in [0.3, 0.4) is 0 Å². The number of hydrogen-bond donors (Lipinski definition) is 1. The van der Waals surface area contributed by atoms with E-state index in [9.17, 15) is 9.46 Å². The summed E-state index contributed by atoms with van der Waals surface area (Å²) in [5, 5.41) is 0. The van der Waals surface area contributed by atoms with Crippen LogP contribution in [0.2, 0.25) is 0 Å². The Morgan fingerprint density at radius 1 is 0.444 bits per heavy atom. The molecule has 0 saturated heterocycles. The Kier molecular flexibility index (Phi) is 10.8. The quantitative estimate of drug-likeness (QED) is 0.217. The summed E-state index contributed by atoms with van der Waals surface area (Å²) in [4.78, 5) is 10.6. The van der Waals surface area contributed by atoms with Crippen LogP contribution in [0.15, 0.2) is 84.9 Å². The molecule has 0 radical (unpaired) electrons. The molecule has 2 aliphatic rings. The fraction of sp³-hybridized carbons (Fsp3) is 0.400. The molecule has 0 atom stereocenters. The van der Waals surface area contributed by atoms with Crippen molar-refractivity contribution in [2.75, 3.05) is 0 Å². The molecule has 4 aromatic rings. The highest BCUT2D eigenvalue weighted by Crippen LogP contribution is 2.45. The Morgan fingerprint density at radius 3 is 1.20 bits per heavy atom. The maximum atomic E-state index is 13.0. The summed E-state index contributed by atoms with van der Waals surface area (Å²) >= 11 is 0. The molecule has 0 aromatic heterocycles. The van der Waals surface area contributed by atoms with E-state index in [1.54, 1.807) is 24.3 Å². The molecule has 4 bridgehead atoms. The first-order chi connectivity index (χ1) is 22.0. The van der Waals surface area contributed by atoms with E-state index in [0.717, 1.165) is 36.8 Å². The molecular formula is C40H47O4P. The summed E-state index contributed by atoms with van der Waals surface area (Å²) in [6.07, 6.45) is 19.9. The van der Waals surface area contributed by atoms with Crippen LogP contribution in [0.4, 0.5) is 0 Å². The fourth-order valence-corrected chi connectivity index (χ4v) is 7.77. The van der Waals surface area contributed by atoms with E-state index in [-0.39, 0.29) is 0 Å². The number of phosphoric acid groups is 1. The largest absolute Gasteiger partial charge is 0.584 e. The van der Waals surface area contributed by atoms with E-state index in [2.05, 4.69) is 36.4 Å². The van der Waals surface area contributed by atoms with Gasteiger partial charge in [0.05, 0.1) is 0 Å². The Hall–Kier alpha value is -3.33. The Balaban J connectivity index is 1.11. The number of hydrogen-bond acceptors (Lipinski definition) is 3. The maximum absolute atomic E-state index is 13.0. The zero-order chi connectivity index (χ0) is 30.9. The molecule has 2 aliphatic carbocycles. The third-order valence-corrected chi connectivity index (χ3v) is 10.3. The van der Waals surface area contributed by atoms with Crippen molar-refractivity contribution in [1.82, 2.24) is 0 Å². The van der Waals surface area contributed by atoms with Crippen molar-refractivity contribution in [3.05, 3.63) is 107 Å². The van der Waals surface area contributed by atoms with E-state index < -0.39 is 7.82 Å². The lowest BCUT2D eigenvalue weighted by atomic mass is 9.93.